The summed E-state index contributed by atoms with van der Waals surface area (Å²) in [7, 11) is -4.53. The summed E-state index contributed by atoms with van der Waals surface area (Å²) in [5.41, 5.74) is 3.18. The molecule has 9 nitrogen and oxygen atoms in total. The van der Waals surface area contributed by atoms with E-state index in [1.807, 2.05) is 6.07 Å². The van der Waals surface area contributed by atoms with Gasteiger partial charge in [0.25, 0.3) is 0 Å². The number of hydrogen-bond donors (Lipinski definition) is 4. The number of allylic oxidation sites excluding steroid dienone is 2. The Kier molecular flexibility index (Phi) is 11.2. The monoisotopic (exact) mass is 554 g/mol. The number of ether oxygens (including phenoxy) is 2. The van der Waals surface area contributed by atoms with E-state index in [1.54, 1.807) is 0 Å². The van der Waals surface area contributed by atoms with Crippen molar-refractivity contribution >= 4 is 13.8 Å². The Morgan fingerprint density at radius 3 is 2.45 bits per heavy atom. The van der Waals surface area contributed by atoms with Gasteiger partial charge in [-0.1, -0.05) is 31.4 Å². The summed E-state index contributed by atoms with van der Waals surface area (Å²) in [5, 5.41) is 0. The first kappa shape index (κ1) is 32.5. The molecule has 0 amide bonds. The molecule has 10 heteroatoms. The van der Waals surface area contributed by atoms with E-state index in [9.17, 15) is 9.36 Å². The van der Waals surface area contributed by atoms with Crippen LogP contribution in [-0.4, -0.2) is 27.5 Å². The van der Waals surface area contributed by atoms with Crippen LogP contribution in [0.5, 0.6) is 11.5 Å². The largest absolute Gasteiger partial charge is 0.487 e. The molecule has 1 fully saturated rings. The molecule has 4 rings (SSSR count). The van der Waals surface area contributed by atoms with Crippen LogP contribution in [0, 0.1) is 11.8 Å². The van der Waals surface area contributed by atoms with Gasteiger partial charge in [0.2, 0.25) is 0 Å². The molecule has 0 saturated heterocycles. The Morgan fingerprint density at radius 1 is 1.13 bits per heavy atom. The minimum Gasteiger partial charge on any atom is -0.487 e. The van der Waals surface area contributed by atoms with Gasteiger partial charge in [-0.25, -0.2) is 4.57 Å². The lowest BCUT2D eigenvalue weighted by molar-refractivity contribution is -0.140. The molecule has 0 radical (unpaired) electrons. The molecule has 0 bridgehead atoms. The van der Waals surface area contributed by atoms with Crippen molar-refractivity contribution in [3.8, 4) is 11.5 Å². The van der Waals surface area contributed by atoms with E-state index < -0.39 is 13.9 Å². The zero-order chi connectivity index (χ0) is 26.1. The first-order chi connectivity index (χ1) is 17.0. The summed E-state index contributed by atoms with van der Waals surface area (Å²) in [6.07, 6.45) is 9.73. The van der Waals surface area contributed by atoms with Crippen molar-refractivity contribution in [2.24, 2.45) is 11.8 Å². The molecule has 0 aromatic heterocycles. The van der Waals surface area contributed by atoms with Gasteiger partial charge in [0.15, 0.2) is 0 Å². The SMILES string of the molecule is CCCCCc1cc(OC(=O)C2CCC(OP(=O)(O)O)CC2)c2c(c1)OC(C)(C)[C@@H]1CC=C(C)C[C@@H]21.N.N. The van der Waals surface area contributed by atoms with Crippen LogP contribution >= 0.6 is 7.82 Å². The van der Waals surface area contributed by atoms with E-state index in [0.717, 1.165) is 55.4 Å². The van der Waals surface area contributed by atoms with Crippen molar-refractivity contribution in [1.29, 1.82) is 0 Å². The van der Waals surface area contributed by atoms with Crippen molar-refractivity contribution in [1.82, 2.24) is 12.3 Å². The van der Waals surface area contributed by atoms with Crippen LogP contribution in [0.25, 0.3) is 0 Å². The van der Waals surface area contributed by atoms with Gasteiger partial charge in [-0.15, -0.1) is 0 Å². The second-order valence-corrected chi connectivity index (χ2v) is 12.6. The minimum absolute atomic E-state index is 0. The maximum Gasteiger partial charge on any atom is 0.469 e. The highest BCUT2D eigenvalue weighted by molar-refractivity contribution is 7.46. The predicted molar refractivity (Wildman–Crippen MR) is 148 cm³/mol. The Morgan fingerprint density at radius 2 is 1.82 bits per heavy atom. The summed E-state index contributed by atoms with van der Waals surface area (Å²) < 4.78 is 28.8. The van der Waals surface area contributed by atoms with E-state index in [0.29, 0.717) is 37.4 Å². The van der Waals surface area contributed by atoms with Gasteiger partial charge in [0, 0.05) is 17.4 Å². The summed E-state index contributed by atoms with van der Waals surface area (Å²) in [6, 6.07) is 4.19. The normalized spacial score (nSPS) is 25.9. The second-order valence-electron chi connectivity index (χ2n) is 11.4. The molecule has 1 aliphatic heterocycles. The van der Waals surface area contributed by atoms with Crippen molar-refractivity contribution in [2.75, 3.05) is 0 Å². The van der Waals surface area contributed by atoms with Gasteiger partial charge in [0.05, 0.1) is 12.0 Å². The van der Waals surface area contributed by atoms with Crippen molar-refractivity contribution in [3.05, 3.63) is 34.9 Å². The number of rotatable bonds is 8. The number of phosphoric acid groups is 1. The molecule has 1 aromatic rings. The van der Waals surface area contributed by atoms with Crippen molar-refractivity contribution in [2.45, 2.75) is 110 Å². The molecule has 38 heavy (non-hydrogen) atoms. The van der Waals surface area contributed by atoms with Crippen LogP contribution in [0.4, 0.5) is 0 Å². The number of benzene rings is 1. The molecular weight excluding hydrogens is 507 g/mol. The van der Waals surface area contributed by atoms with Crippen LogP contribution in [0.3, 0.4) is 0 Å². The second kappa shape index (κ2) is 13.1. The molecule has 8 N–H and O–H groups in total. The summed E-state index contributed by atoms with van der Waals surface area (Å²) >= 11 is 0. The van der Waals surface area contributed by atoms with Crippen molar-refractivity contribution in [3.63, 3.8) is 0 Å². The van der Waals surface area contributed by atoms with Crippen LogP contribution in [0.15, 0.2) is 23.8 Å². The molecule has 1 heterocycles. The van der Waals surface area contributed by atoms with Crippen LogP contribution in [-0.2, 0) is 20.3 Å². The number of carbonyl (C=O) groups is 1. The first-order valence-electron chi connectivity index (χ1n) is 13.4. The number of esters is 1. The standard InChI is InChI=1S/C28H41O7P.2H3N/c1-5-6-7-8-19-16-24(33-27(29)20-10-12-21(13-11-20)35-36(30,31)32)26-22-15-18(2)9-14-23(22)28(3,4)34-25(26)17-19;;/h9,16-17,20-23H,5-8,10-15H2,1-4H3,(H2,30,31,32);2*1H3/t20?,21?,22-,23-;;/m1../s1. The maximum atomic E-state index is 13.3. The van der Waals surface area contributed by atoms with E-state index in [4.69, 9.17) is 23.8 Å². The van der Waals surface area contributed by atoms with Crippen LogP contribution in [0.2, 0.25) is 0 Å². The summed E-state index contributed by atoms with van der Waals surface area (Å²) in [6.45, 7) is 8.68. The van der Waals surface area contributed by atoms with Crippen LogP contribution in [0.1, 0.15) is 103 Å². The summed E-state index contributed by atoms with van der Waals surface area (Å²) in [4.78, 5) is 31.5. The highest BCUT2D eigenvalue weighted by Gasteiger charge is 2.46. The lowest BCUT2D eigenvalue weighted by atomic mass is 9.67. The Bertz CT molecular complexity index is 1040. The van der Waals surface area contributed by atoms with Gasteiger partial charge in [0.1, 0.15) is 17.1 Å². The minimum atomic E-state index is -4.53. The van der Waals surface area contributed by atoms with Crippen LogP contribution < -0.4 is 21.8 Å². The molecule has 0 spiro atoms. The van der Waals surface area contributed by atoms with E-state index in [1.165, 1.54) is 5.57 Å². The predicted octanol–water partition coefficient (Wildman–Crippen LogP) is 6.93. The Labute approximate surface area is 227 Å². The van der Waals surface area contributed by atoms with E-state index in [-0.39, 0.29) is 35.7 Å². The molecule has 3 aliphatic rings. The van der Waals surface area contributed by atoms with Crippen molar-refractivity contribution < 1.29 is 33.1 Å². The number of carbonyl (C=O) groups excluding carboxylic acids is 1. The fourth-order valence-corrected chi connectivity index (χ4v) is 6.80. The molecule has 1 saturated carbocycles. The highest BCUT2D eigenvalue weighted by atomic mass is 31.2. The molecule has 0 unspecified atom stereocenters. The average Bonchev–Trinajstić information content (AvgIpc) is 2.77. The summed E-state index contributed by atoms with van der Waals surface area (Å²) in [5.74, 6) is 1.41. The third kappa shape index (κ3) is 7.68. The Hall–Kier alpha value is -1.74. The molecule has 2 atom stereocenters. The first-order valence-corrected chi connectivity index (χ1v) is 15.0. The number of hydrogen-bond acceptors (Lipinski definition) is 7. The number of fused-ring (bicyclic) bond motifs is 3. The third-order valence-corrected chi connectivity index (χ3v) is 8.69. The Balaban J connectivity index is 0.00000253. The number of unbranched alkanes of at least 4 members (excludes halogenated alkanes) is 2. The van der Waals surface area contributed by atoms with E-state index >= 15 is 0 Å². The van der Waals surface area contributed by atoms with E-state index in [2.05, 4.69) is 39.8 Å². The topological polar surface area (TPSA) is 172 Å². The van der Waals surface area contributed by atoms with Gasteiger partial charge in [-0.05, 0) is 89.8 Å². The quantitative estimate of drug-likeness (QED) is 0.0873. The van der Waals surface area contributed by atoms with Gasteiger partial charge < -0.3 is 31.6 Å². The van der Waals surface area contributed by atoms with Gasteiger partial charge in [-0.2, -0.15) is 0 Å². The fourth-order valence-electron chi connectivity index (χ4n) is 6.20. The number of phosphoric ester groups is 1. The lowest BCUT2D eigenvalue weighted by Crippen LogP contribution is -2.45. The molecule has 216 valence electrons. The maximum absolute atomic E-state index is 13.3. The molecule has 2 aliphatic carbocycles. The zero-order valence-electron chi connectivity index (χ0n) is 23.4. The highest BCUT2D eigenvalue weighted by Crippen LogP contribution is 2.54. The molecule has 1 aromatic carbocycles. The number of aryl methyl sites for hydroxylation is 1. The average molecular weight is 555 g/mol. The molecular formula is C28H47N2O7P. The smallest absolute Gasteiger partial charge is 0.469 e. The van der Waals surface area contributed by atoms with Gasteiger partial charge in [-0.3, -0.25) is 9.32 Å². The zero-order valence-corrected chi connectivity index (χ0v) is 24.3. The lowest BCUT2D eigenvalue weighted by Gasteiger charge is -2.47. The third-order valence-electron chi connectivity index (χ3n) is 8.12. The van der Waals surface area contributed by atoms with Gasteiger partial charge >= 0.3 is 13.8 Å². The fraction of sp³-hybridized carbons (Fsp3) is 0.679.